The maximum absolute atomic E-state index is 9.27. The summed E-state index contributed by atoms with van der Waals surface area (Å²) in [5.41, 5.74) is 0. The highest BCUT2D eigenvalue weighted by molar-refractivity contribution is 9.10. The number of fused-ring (bicyclic) bond motifs is 1. The summed E-state index contributed by atoms with van der Waals surface area (Å²) in [7, 11) is 1.61. The SMILES string of the molecule is COCC(CO)Nc1nccc2c(Br)cccc12. The first-order chi connectivity index (χ1) is 8.76. The van der Waals surface area contributed by atoms with Crippen LogP contribution in [0.3, 0.4) is 0 Å². The van der Waals surface area contributed by atoms with Gasteiger partial charge >= 0.3 is 0 Å². The van der Waals surface area contributed by atoms with Crippen molar-refractivity contribution in [3.05, 3.63) is 34.9 Å². The summed E-state index contributed by atoms with van der Waals surface area (Å²) in [6, 6.07) is 7.74. The largest absolute Gasteiger partial charge is 0.394 e. The molecule has 1 heterocycles. The summed E-state index contributed by atoms with van der Waals surface area (Å²) in [4.78, 5) is 4.32. The highest BCUT2D eigenvalue weighted by atomic mass is 79.9. The number of rotatable bonds is 5. The Hall–Kier alpha value is -1.17. The van der Waals surface area contributed by atoms with Crippen molar-refractivity contribution in [2.75, 3.05) is 25.6 Å². The van der Waals surface area contributed by atoms with E-state index in [0.717, 1.165) is 21.1 Å². The monoisotopic (exact) mass is 310 g/mol. The van der Waals surface area contributed by atoms with Gasteiger partial charge in [-0.15, -0.1) is 0 Å². The number of ether oxygens (including phenoxy) is 1. The summed E-state index contributed by atoms with van der Waals surface area (Å²) >= 11 is 3.52. The molecule has 1 unspecified atom stereocenters. The maximum Gasteiger partial charge on any atom is 0.134 e. The molecule has 0 fully saturated rings. The molecular weight excluding hydrogens is 296 g/mol. The van der Waals surface area contributed by atoms with Gasteiger partial charge in [-0.2, -0.15) is 0 Å². The molecule has 96 valence electrons. The lowest BCUT2D eigenvalue weighted by molar-refractivity contribution is 0.153. The van der Waals surface area contributed by atoms with Crippen molar-refractivity contribution in [1.29, 1.82) is 0 Å². The van der Waals surface area contributed by atoms with Crippen molar-refractivity contribution >= 4 is 32.5 Å². The van der Waals surface area contributed by atoms with Crippen LogP contribution >= 0.6 is 15.9 Å². The minimum absolute atomic E-state index is 0.0000885. The fourth-order valence-electron chi connectivity index (χ4n) is 1.82. The van der Waals surface area contributed by atoms with Crippen LogP contribution in [0.1, 0.15) is 0 Å². The van der Waals surface area contributed by atoms with Crippen LogP contribution in [-0.4, -0.2) is 36.5 Å². The van der Waals surface area contributed by atoms with E-state index in [9.17, 15) is 5.11 Å². The third-order valence-electron chi connectivity index (χ3n) is 2.68. The Balaban J connectivity index is 2.36. The Morgan fingerprint density at radius 3 is 2.94 bits per heavy atom. The Labute approximate surface area is 114 Å². The van der Waals surface area contributed by atoms with Crippen LogP contribution < -0.4 is 5.32 Å². The van der Waals surface area contributed by atoms with Gasteiger partial charge in [-0.1, -0.05) is 28.1 Å². The molecule has 1 aromatic heterocycles. The van der Waals surface area contributed by atoms with E-state index in [0.29, 0.717) is 6.61 Å². The van der Waals surface area contributed by atoms with Crippen LogP contribution in [0, 0.1) is 0 Å². The number of aromatic nitrogens is 1. The number of aliphatic hydroxyl groups is 1. The quantitative estimate of drug-likeness (QED) is 0.890. The first-order valence-corrected chi connectivity index (χ1v) is 6.45. The molecule has 18 heavy (non-hydrogen) atoms. The molecule has 4 nitrogen and oxygen atoms in total. The Kier molecular flexibility index (Phi) is 4.52. The third kappa shape index (κ3) is 2.80. The highest BCUT2D eigenvalue weighted by Crippen LogP contribution is 2.27. The zero-order valence-corrected chi connectivity index (χ0v) is 11.6. The van der Waals surface area contributed by atoms with Gasteiger partial charge in [-0.3, -0.25) is 0 Å². The summed E-state index contributed by atoms with van der Waals surface area (Å²) in [6.07, 6.45) is 1.75. The normalized spacial score (nSPS) is 12.6. The molecule has 1 atom stereocenters. The highest BCUT2D eigenvalue weighted by Gasteiger charge is 2.10. The van der Waals surface area contributed by atoms with Crippen molar-refractivity contribution in [3.8, 4) is 0 Å². The van der Waals surface area contributed by atoms with Gasteiger partial charge < -0.3 is 15.2 Å². The number of pyridine rings is 1. The fourth-order valence-corrected chi connectivity index (χ4v) is 2.32. The van der Waals surface area contributed by atoms with E-state index in [1.807, 2.05) is 24.3 Å². The molecule has 0 aliphatic heterocycles. The number of nitrogens with one attached hydrogen (secondary N) is 1. The Morgan fingerprint density at radius 1 is 1.39 bits per heavy atom. The number of nitrogens with zero attached hydrogens (tertiary/aromatic N) is 1. The molecule has 1 aromatic carbocycles. The zero-order valence-electron chi connectivity index (χ0n) is 10.1. The van der Waals surface area contributed by atoms with Crippen LogP contribution in [0.25, 0.3) is 10.8 Å². The molecule has 0 aliphatic rings. The van der Waals surface area contributed by atoms with Crippen LogP contribution in [0.2, 0.25) is 0 Å². The summed E-state index contributed by atoms with van der Waals surface area (Å²) in [5.74, 6) is 0.755. The maximum atomic E-state index is 9.27. The smallest absolute Gasteiger partial charge is 0.134 e. The molecule has 0 amide bonds. The van der Waals surface area contributed by atoms with Crippen LogP contribution in [0.4, 0.5) is 5.82 Å². The number of halogens is 1. The predicted molar refractivity (Wildman–Crippen MR) is 75.8 cm³/mol. The van der Waals surface area contributed by atoms with Gasteiger partial charge in [-0.25, -0.2) is 4.98 Å². The molecular formula is C13H15BrN2O2. The van der Waals surface area contributed by atoms with E-state index in [4.69, 9.17) is 4.74 Å². The fraction of sp³-hybridized carbons (Fsp3) is 0.308. The lowest BCUT2D eigenvalue weighted by atomic mass is 10.1. The second-order valence-corrected chi connectivity index (χ2v) is 4.83. The molecule has 0 saturated carbocycles. The molecule has 0 saturated heterocycles. The molecule has 2 rings (SSSR count). The standard InChI is InChI=1S/C13H15BrN2O2/c1-18-8-9(7-17)16-13-11-3-2-4-12(14)10(11)5-6-15-13/h2-6,9,17H,7-8H2,1H3,(H,15,16). The molecule has 0 bridgehead atoms. The first-order valence-electron chi connectivity index (χ1n) is 5.66. The van der Waals surface area contributed by atoms with Gasteiger partial charge in [0.05, 0.1) is 19.3 Å². The number of hydrogen-bond acceptors (Lipinski definition) is 4. The van der Waals surface area contributed by atoms with Crippen LogP contribution in [0.15, 0.2) is 34.9 Å². The second-order valence-electron chi connectivity index (χ2n) is 3.97. The molecule has 0 aliphatic carbocycles. The van der Waals surface area contributed by atoms with Gasteiger partial charge in [0.15, 0.2) is 0 Å². The van der Waals surface area contributed by atoms with Crippen molar-refractivity contribution in [3.63, 3.8) is 0 Å². The predicted octanol–water partition coefficient (Wildman–Crippen LogP) is 2.42. The van der Waals surface area contributed by atoms with Crippen LogP contribution in [0.5, 0.6) is 0 Å². The van der Waals surface area contributed by atoms with E-state index in [2.05, 4.69) is 26.2 Å². The van der Waals surface area contributed by atoms with E-state index < -0.39 is 0 Å². The van der Waals surface area contributed by atoms with E-state index >= 15 is 0 Å². The number of aliphatic hydroxyl groups excluding tert-OH is 1. The zero-order chi connectivity index (χ0) is 13.0. The summed E-state index contributed by atoms with van der Waals surface area (Å²) in [6.45, 7) is 0.433. The minimum Gasteiger partial charge on any atom is -0.394 e. The minimum atomic E-state index is -0.160. The summed E-state index contributed by atoms with van der Waals surface area (Å²) in [5, 5.41) is 14.6. The number of methoxy groups -OCH3 is 1. The van der Waals surface area contributed by atoms with Crippen molar-refractivity contribution < 1.29 is 9.84 Å². The van der Waals surface area contributed by atoms with E-state index in [1.54, 1.807) is 13.3 Å². The molecule has 2 N–H and O–H groups in total. The van der Waals surface area contributed by atoms with Gasteiger partial charge in [-0.05, 0) is 12.1 Å². The lowest BCUT2D eigenvalue weighted by Crippen LogP contribution is -2.29. The lowest BCUT2D eigenvalue weighted by Gasteiger charge is -2.17. The third-order valence-corrected chi connectivity index (χ3v) is 3.37. The molecule has 0 radical (unpaired) electrons. The topological polar surface area (TPSA) is 54.4 Å². The van der Waals surface area contributed by atoms with Crippen molar-refractivity contribution in [2.24, 2.45) is 0 Å². The van der Waals surface area contributed by atoms with Crippen molar-refractivity contribution in [2.45, 2.75) is 6.04 Å². The van der Waals surface area contributed by atoms with Gasteiger partial charge in [0, 0.05) is 28.6 Å². The van der Waals surface area contributed by atoms with Crippen LogP contribution in [-0.2, 0) is 4.74 Å². The Bertz CT molecular complexity index is 533. The average Bonchev–Trinajstić information content (AvgIpc) is 2.39. The Morgan fingerprint density at radius 2 is 2.22 bits per heavy atom. The molecule has 5 heteroatoms. The van der Waals surface area contributed by atoms with Crippen molar-refractivity contribution in [1.82, 2.24) is 4.98 Å². The average molecular weight is 311 g/mol. The number of benzene rings is 1. The van der Waals surface area contributed by atoms with Gasteiger partial charge in [0.2, 0.25) is 0 Å². The van der Waals surface area contributed by atoms with E-state index in [-0.39, 0.29) is 12.6 Å². The first kappa shape index (κ1) is 13.3. The number of hydrogen-bond donors (Lipinski definition) is 2. The van der Waals surface area contributed by atoms with Gasteiger partial charge in [0.25, 0.3) is 0 Å². The summed E-state index contributed by atoms with van der Waals surface area (Å²) < 4.78 is 6.07. The molecule has 0 spiro atoms. The van der Waals surface area contributed by atoms with Gasteiger partial charge in [0.1, 0.15) is 5.82 Å². The van der Waals surface area contributed by atoms with E-state index in [1.165, 1.54) is 0 Å². The second kappa shape index (κ2) is 6.13. The number of anilines is 1. The molecule has 2 aromatic rings.